The number of carbonyl (C=O) groups excluding carboxylic acids is 2. The van der Waals surface area contributed by atoms with Crippen LogP contribution in [0.1, 0.15) is 22.8 Å². The van der Waals surface area contributed by atoms with Gasteiger partial charge in [-0.15, -0.1) is 0 Å². The Hall–Kier alpha value is -1.57. The molecule has 0 fully saturated rings. The number of phenolic OH excluding ortho intramolecular Hbond substituents is 1. The average Bonchev–Trinajstić information content (AvgIpc) is 2.29. The second-order valence-electron chi connectivity index (χ2n) is 3.40. The molecule has 0 saturated carbocycles. The van der Waals surface area contributed by atoms with Gasteiger partial charge < -0.3 is 9.84 Å². The monoisotopic (exact) mass is 340 g/mol. The second kappa shape index (κ2) is 5.60. The van der Waals surface area contributed by atoms with Gasteiger partial charge in [-0.1, -0.05) is 15.9 Å². The number of Topliss-reactive ketones (excluding diaryl/α,β-unsaturated/α-hetero) is 1. The van der Waals surface area contributed by atoms with E-state index in [1.54, 1.807) is 0 Å². The zero-order chi connectivity index (χ0) is 14.8. The zero-order valence-electron chi connectivity index (χ0n) is 9.55. The molecule has 0 saturated heterocycles. The van der Waals surface area contributed by atoms with Gasteiger partial charge in [0.25, 0.3) is 5.78 Å². The van der Waals surface area contributed by atoms with Crippen molar-refractivity contribution in [2.75, 3.05) is 6.61 Å². The van der Waals surface area contributed by atoms with Crippen molar-refractivity contribution in [1.29, 1.82) is 0 Å². The van der Waals surface area contributed by atoms with Crippen LogP contribution in [-0.4, -0.2) is 23.5 Å². The third-order valence-electron chi connectivity index (χ3n) is 2.09. The highest BCUT2D eigenvalue weighted by atomic mass is 79.9. The number of benzene rings is 1. The summed E-state index contributed by atoms with van der Waals surface area (Å²) < 4.78 is 42.1. The molecule has 0 aromatic heterocycles. The normalized spacial score (nSPS) is 11.2. The fourth-order valence-electron chi connectivity index (χ4n) is 1.30. The van der Waals surface area contributed by atoms with E-state index in [9.17, 15) is 27.9 Å². The quantitative estimate of drug-likeness (QED) is 0.522. The fraction of sp³-hybridized carbons (Fsp3) is 0.273. The first-order valence-corrected chi connectivity index (χ1v) is 5.79. The molecule has 0 unspecified atom stereocenters. The van der Waals surface area contributed by atoms with Crippen LogP contribution in [-0.2, 0) is 15.7 Å². The van der Waals surface area contributed by atoms with Gasteiger partial charge in [0.2, 0.25) is 0 Å². The van der Waals surface area contributed by atoms with Gasteiger partial charge in [0.1, 0.15) is 5.75 Å². The van der Waals surface area contributed by atoms with Gasteiger partial charge in [0.05, 0.1) is 17.7 Å². The molecule has 8 heteroatoms. The number of halogens is 4. The van der Waals surface area contributed by atoms with Crippen molar-refractivity contribution >= 4 is 27.7 Å². The lowest BCUT2D eigenvalue weighted by Crippen LogP contribution is -2.19. The van der Waals surface area contributed by atoms with Crippen LogP contribution in [0.25, 0.3) is 0 Å². The number of carbonyl (C=O) groups is 2. The zero-order valence-corrected chi connectivity index (χ0v) is 11.1. The molecule has 1 aromatic rings. The highest BCUT2D eigenvalue weighted by Gasteiger charge is 2.37. The lowest BCUT2D eigenvalue weighted by Gasteiger charge is -2.12. The van der Waals surface area contributed by atoms with Crippen molar-refractivity contribution in [3.63, 3.8) is 0 Å². The van der Waals surface area contributed by atoms with Crippen molar-refractivity contribution < 1.29 is 32.6 Å². The predicted octanol–water partition coefficient (Wildman–Crippen LogP) is 2.92. The highest BCUT2D eigenvalue weighted by molar-refractivity contribution is 9.10. The van der Waals surface area contributed by atoms with E-state index >= 15 is 0 Å². The number of ether oxygens (including phenoxy) is 1. The summed E-state index contributed by atoms with van der Waals surface area (Å²) in [5, 5.41) is 9.47. The lowest BCUT2D eigenvalue weighted by atomic mass is 10.0. The van der Waals surface area contributed by atoms with Crippen LogP contribution in [0, 0.1) is 0 Å². The molecule has 0 aliphatic heterocycles. The Morgan fingerprint density at radius 1 is 1.37 bits per heavy atom. The van der Waals surface area contributed by atoms with Crippen molar-refractivity contribution in [2.45, 2.75) is 13.1 Å². The van der Waals surface area contributed by atoms with Crippen LogP contribution in [0.4, 0.5) is 13.2 Å². The molecule has 0 spiro atoms. The van der Waals surface area contributed by atoms with E-state index in [-0.39, 0.29) is 11.1 Å². The maximum absolute atomic E-state index is 12.6. The number of ketones is 1. The molecule has 0 aliphatic rings. The molecular weight excluding hydrogens is 333 g/mol. The number of phenols is 1. The summed E-state index contributed by atoms with van der Waals surface area (Å²) in [4.78, 5) is 22.8. The van der Waals surface area contributed by atoms with E-state index in [1.807, 2.05) is 0 Å². The molecule has 0 atom stereocenters. The van der Waals surface area contributed by atoms with Gasteiger partial charge in [0, 0.05) is 4.47 Å². The predicted molar refractivity (Wildman–Crippen MR) is 61.8 cm³/mol. The van der Waals surface area contributed by atoms with Gasteiger partial charge in [-0.25, -0.2) is 4.79 Å². The Bertz CT molecular complexity index is 525. The topological polar surface area (TPSA) is 63.6 Å². The first-order valence-electron chi connectivity index (χ1n) is 4.99. The Morgan fingerprint density at radius 2 is 1.95 bits per heavy atom. The minimum Gasteiger partial charge on any atom is -0.507 e. The smallest absolute Gasteiger partial charge is 0.420 e. The first-order chi connectivity index (χ1) is 8.68. The van der Waals surface area contributed by atoms with Gasteiger partial charge in [-0.05, 0) is 19.1 Å². The van der Waals surface area contributed by atoms with E-state index in [0.29, 0.717) is 6.07 Å². The van der Waals surface area contributed by atoms with Crippen LogP contribution < -0.4 is 0 Å². The average molecular weight is 341 g/mol. The number of alkyl halides is 3. The van der Waals surface area contributed by atoms with Crippen molar-refractivity contribution in [1.82, 2.24) is 0 Å². The molecular formula is C11H8BrF3O4. The van der Waals surface area contributed by atoms with Crippen LogP contribution in [0.15, 0.2) is 16.6 Å². The maximum Gasteiger partial charge on any atom is 0.420 e. The molecule has 0 amide bonds. The third-order valence-corrected chi connectivity index (χ3v) is 2.54. The van der Waals surface area contributed by atoms with Crippen LogP contribution in [0.5, 0.6) is 5.75 Å². The van der Waals surface area contributed by atoms with Gasteiger partial charge in [-0.3, -0.25) is 4.79 Å². The first kappa shape index (κ1) is 15.5. The minimum absolute atomic E-state index is 0.0923. The van der Waals surface area contributed by atoms with Gasteiger partial charge in [0.15, 0.2) is 0 Å². The number of aromatic hydroxyl groups is 1. The molecule has 0 heterocycles. The molecule has 19 heavy (non-hydrogen) atoms. The van der Waals surface area contributed by atoms with Gasteiger partial charge >= 0.3 is 12.1 Å². The Labute approximate surface area is 114 Å². The van der Waals surface area contributed by atoms with E-state index in [0.717, 1.165) is 6.07 Å². The molecule has 1 rings (SSSR count). The summed E-state index contributed by atoms with van der Waals surface area (Å²) in [5.41, 5.74) is -2.17. The third kappa shape index (κ3) is 3.46. The molecule has 104 valence electrons. The van der Waals surface area contributed by atoms with Crippen LogP contribution >= 0.6 is 15.9 Å². The summed E-state index contributed by atoms with van der Waals surface area (Å²) >= 11 is 2.78. The van der Waals surface area contributed by atoms with Crippen LogP contribution in [0.2, 0.25) is 0 Å². The lowest BCUT2D eigenvalue weighted by molar-refractivity contribution is -0.139. The molecule has 0 bridgehead atoms. The summed E-state index contributed by atoms with van der Waals surface area (Å²) in [7, 11) is 0. The number of rotatable bonds is 3. The highest BCUT2D eigenvalue weighted by Crippen LogP contribution is 2.39. The van der Waals surface area contributed by atoms with Crippen molar-refractivity contribution in [3.8, 4) is 5.75 Å². The Morgan fingerprint density at radius 3 is 2.42 bits per heavy atom. The van der Waals surface area contributed by atoms with E-state index in [4.69, 9.17) is 0 Å². The van der Waals surface area contributed by atoms with Crippen LogP contribution in [0.3, 0.4) is 0 Å². The molecule has 4 nitrogen and oxygen atoms in total. The van der Waals surface area contributed by atoms with E-state index in [2.05, 4.69) is 20.7 Å². The summed E-state index contributed by atoms with van der Waals surface area (Å²) in [6.45, 7) is 1.33. The number of hydrogen-bond acceptors (Lipinski definition) is 4. The summed E-state index contributed by atoms with van der Waals surface area (Å²) in [6, 6.07) is 1.53. The molecule has 0 aliphatic carbocycles. The van der Waals surface area contributed by atoms with Gasteiger partial charge in [-0.2, -0.15) is 13.2 Å². The minimum atomic E-state index is -4.85. The van der Waals surface area contributed by atoms with Crippen molar-refractivity contribution in [3.05, 3.63) is 27.7 Å². The van der Waals surface area contributed by atoms with E-state index < -0.39 is 34.8 Å². The number of hydrogen-bond donors (Lipinski definition) is 1. The second-order valence-corrected chi connectivity index (χ2v) is 4.31. The molecule has 1 N–H and O–H groups in total. The number of esters is 1. The Balaban J connectivity index is 3.34. The largest absolute Gasteiger partial charge is 0.507 e. The maximum atomic E-state index is 12.6. The summed E-state index contributed by atoms with van der Waals surface area (Å²) in [5.74, 6) is -3.97. The Kier molecular flexibility index (Phi) is 4.56. The summed E-state index contributed by atoms with van der Waals surface area (Å²) in [6.07, 6.45) is -4.85. The van der Waals surface area contributed by atoms with Crippen molar-refractivity contribution in [2.24, 2.45) is 0 Å². The molecule has 0 radical (unpaired) electrons. The fourth-order valence-corrected chi connectivity index (χ4v) is 1.75. The van der Waals surface area contributed by atoms with E-state index in [1.165, 1.54) is 6.92 Å². The molecule has 1 aromatic carbocycles. The SMILES string of the molecule is CCOC(=O)C(=O)c1cc(Br)cc(C(F)(F)F)c1O. The standard InChI is InChI=1S/C11H8BrF3O4/c1-2-19-10(18)9(17)6-3-5(12)4-7(8(6)16)11(13,14)15/h3-4,16H,2H2,1H3.